The van der Waals surface area contributed by atoms with E-state index in [-0.39, 0.29) is 5.69 Å². The molecule has 0 aliphatic heterocycles. The van der Waals surface area contributed by atoms with Crippen molar-refractivity contribution < 1.29 is 4.39 Å². The van der Waals surface area contributed by atoms with Crippen molar-refractivity contribution >= 4 is 0 Å². The Bertz CT molecular complexity index is 1340. The minimum Gasteiger partial charge on any atom is -0.290 e. The van der Waals surface area contributed by atoms with Crippen molar-refractivity contribution in [2.45, 2.75) is 39.9 Å². The normalized spacial score (nSPS) is 10.9. The molecule has 0 atom stereocenters. The van der Waals surface area contributed by atoms with Gasteiger partial charge in [-0.15, -0.1) is 0 Å². The number of halogens is 1. The van der Waals surface area contributed by atoms with Crippen molar-refractivity contribution in [1.29, 1.82) is 5.26 Å². The molecule has 7 heteroatoms. The molecular formula is C25H24FN5O. The molecule has 0 fully saturated rings. The Morgan fingerprint density at radius 3 is 2.56 bits per heavy atom. The lowest BCUT2D eigenvalue weighted by Gasteiger charge is -2.11. The Hall–Kier alpha value is -3.92. The number of imidazole rings is 1. The summed E-state index contributed by atoms with van der Waals surface area (Å²) in [6, 6.07) is 18.1. The van der Waals surface area contributed by atoms with Crippen LogP contribution in [0, 0.1) is 18.3 Å². The summed E-state index contributed by atoms with van der Waals surface area (Å²) in [4.78, 5) is 13.5. The summed E-state index contributed by atoms with van der Waals surface area (Å²) in [6.45, 7) is 3.97. The molecule has 4 rings (SSSR count). The molecule has 0 N–H and O–H groups in total. The molecule has 0 bridgehead atoms. The van der Waals surface area contributed by atoms with Gasteiger partial charge in [0.25, 0.3) is 0 Å². The fourth-order valence-electron chi connectivity index (χ4n) is 3.96. The van der Waals surface area contributed by atoms with Gasteiger partial charge in [-0.05, 0) is 61.4 Å². The number of rotatable bonds is 7. The third kappa shape index (κ3) is 3.76. The summed E-state index contributed by atoms with van der Waals surface area (Å²) in [5.74, 6) is 0. The third-order valence-electron chi connectivity index (χ3n) is 5.55. The van der Waals surface area contributed by atoms with Crippen molar-refractivity contribution in [3.63, 3.8) is 0 Å². The van der Waals surface area contributed by atoms with Crippen LogP contribution in [-0.4, -0.2) is 18.9 Å². The summed E-state index contributed by atoms with van der Waals surface area (Å²) in [7, 11) is 0. The predicted molar refractivity (Wildman–Crippen MR) is 122 cm³/mol. The summed E-state index contributed by atoms with van der Waals surface area (Å²) in [6.07, 6.45) is 3.50. The van der Waals surface area contributed by atoms with Crippen LogP contribution in [0.1, 0.15) is 36.6 Å². The molecule has 4 aromatic rings. The molecule has 2 heterocycles. The Labute approximate surface area is 185 Å². The van der Waals surface area contributed by atoms with Gasteiger partial charge in [0.15, 0.2) is 0 Å². The maximum atomic E-state index is 13.5. The van der Waals surface area contributed by atoms with Crippen LogP contribution in [-0.2, 0) is 13.2 Å². The fourth-order valence-corrected chi connectivity index (χ4v) is 3.96. The molecule has 0 aliphatic rings. The van der Waals surface area contributed by atoms with Crippen LogP contribution in [0.3, 0.4) is 0 Å². The zero-order valence-corrected chi connectivity index (χ0v) is 18.1. The van der Waals surface area contributed by atoms with E-state index in [0.717, 1.165) is 35.6 Å². The average Bonchev–Trinajstić information content (AvgIpc) is 3.39. The number of nitriles is 1. The van der Waals surface area contributed by atoms with Crippen molar-refractivity contribution in [3.05, 3.63) is 88.1 Å². The lowest BCUT2D eigenvalue weighted by atomic mass is 10.2. The average molecular weight is 429 g/mol. The molecule has 162 valence electrons. The lowest BCUT2D eigenvalue weighted by molar-refractivity contribution is 0.485. The molecular weight excluding hydrogens is 405 g/mol. The van der Waals surface area contributed by atoms with E-state index in [2.05, 4.69) is 18.1 Å². The van der Waals surface area contributed by atoms with Gasteiger partial charge in [0.1, 0.15) is 6.67 Å². The highest BCUT2D eigenvalue weighted by Crippen LogP contribution is 2.27. The fraction of sp³-hybridized carbons (Fsp3) is 0.240. The van der Waals surface area contributed by atoms with E-state index in [0.29, 0.717) is 23.4 Å². The predicted octanol–water partition coefficient (Wildman–Crippen LogP) is 4.94. The van der Waals surface area contributed by atoms with Gasteiger partial charge in [-0.3, -0.25) is 9.13 Å². The zero-order valence-electron chi connectivity index (χ0n) is 18.1. The van der Waals surface area contributed by atoms with E-state index in [1.54, 1.807) is 50.3 Å². The molecule has 2 aromatic carbocycles. The first kappa shape index (κ1) is 21.3. The van der Waals surface area contributed by atoms with E-state index in [4.69, 9.17) is 5.26 Å². The van der Waals surface area contributed by atoms with Crippen LogP contribution in [0.25, 0.3) is 22.8 Å². The largest absolute Gasteiger partial charge is 0.333 e. The lowest BCUT2D eigenvalue weighted by Crippen LogP contribution is -2.24. The number of nitrogens with zero attached hydrogens (tertiary/aromatic N) is 5. The first-order chi connectivity index (χ1) is 15.6. The summed E-state index contributed by atoms with van der Waals surface area (Å²) in [5, 5.41) is 13.6. The van der Waals surface area contributed by atoms with Crippen molar-refractivity contribution in [3.8, 4) is 28.8 Å². The Kier molecular flexibility index (Phi) is 6.04. The van der Waals surface area contributed by atoms with Crippen LogP contribution in [0.4, 0.5) is 4.39 Å². The van der Waals surface area contributed by atoms with Gasteiger partial charge in [0.05, 0.1) is 46.3 Å². The van der Waals surface area contributed by atoms with E-state index in [9.17, 15) is 9.18 Å². The number of alkyl halides is 1. The number of hydrogen-bond donors (Lipinski definition) is 0. The maximum absolute atomic E-state index is 13.5. The second-order valence-corrected chi connectivity index (χ2v) is 7.65. The maximum Gasteiger partial charge on any atom is 0.333 e. The first-order valence-electron chi connectivity index (χ1n) is 10.6. The van der Waals surface area contributed by atoms with Gasteiger partial charge in [-0.25, -0.2) is 13.9 Å². The molecule has 0 saturated carbocycles. The molecule has 2 aromatic heterocycles. The Morgan fingerprint density at radius 2 is 1.88 bits per heavy atom. The van der Waals surface area contributed by atoms with Gasteiger partial charge in [0.2, 0.25) is 0 Å². The number of aromatic nitrogens is 4. The number of benzene rings is 2. The second kappa shape index (κ2) is 9.06. The monoisotopic (exact) mass is 429 g/mol. The van der Waals surface area contributed by atoms with Gasteiger partial charge in [-0.1, -0.05) is 25.5 Å². The SMILES string of the molecule is CCCCn1c(-c2ccnn2-c2ccc(C#N)cc2)c(C)n(-c2cccc(CF)c2)c1=O. The van der Waals surface area contributed by atoms with E-state index in [1.807, 2.05) is 31.2 Å². The molecule has 0 aliphatic carbocycles. The molecule has 0 saturated heterocycles. The summed E-state index contributed by atoms with van der Waals surface area (Å²) in [5.41, 5.74) is 4.69. The van der Waals surface area contributed by atoms with Crippen LogP contribution in [0.5, 0.6) is 0 Å². The highest BCUT2D eigenvalue weighted by molar-refractivity contribution is 5.63. The Morgan fingerprint density at radius 1 is 1.09 bits per heavy atom. The quantitative estimate of drug-likeness (QED) is 0.418. The minimum atomic E-state index is -0.587. The van der Waals surface area contributed by atoms with Gasteiger partial charge < -0.3 is 0 Å². The second-order valence-electron chi connectivity index (χ2n) is 7.65. The highest BCUT2D eigenvalue weighted by Gasteiger charge is 2.22. The van der Waals surface area contributed by atoms with Crippen LogP contribution in [0.2, 0.25) is 0 Å². The molecule has 0 unspecified atom stereocenters. The van der Waals surface area contributed by atoms with E-state index in [1.165, 1.54) is 0 Å². The van der Waals surface area contributed by atoms with Gasteiger partial charge in [0, 0.05) is 6.54 Å². The zero-order chi connectivity index (χ0) is 22.7. The van der Waals surface area contributed by atoms with Crippen molar-refractivity contribution in [2.75, 3.05) is 0 Å². The van der Waals surface area contributed by atoms with E-state index >= 15 is 0 Å². The first-order valence-corrected chi connectivity index (χ1v) is 10.6. The van der Waals surface area contributed by atoms with Crippen molar-refractivity contribution in [1.82, 2.24) is 18.9 Å². The molecule has 32 heavy (non-hydrogen) atoms. The van der Waals surface area contributed by atoms with Gasteiger partial charge in [-0.2, -0.15) is 10.4 Å². The molecule has 0 amide bonds. The topological polar surface area (TPSA) is 68.5 Å². The van der Waals surface area contributed by atoms with E-state index < -0.39 is 6.67 Å². The smallest absolute Gasteiger partial charge is 0.290 e. The summed E-state index contributed by atoms with van der Waals surface area (Å²) >= 11 is 0. The Balaban J connectivity index is 1.92. The minimum absolute atomic E-state index is 0.158. The van der Waals surface area contributed by atoms with Crippen LogP contribution in [0.15, 0.2) is 65.6 Å². The number of hydrogen-bond acceptors (Lipinski definition) is 3. The number of unbranched alkanes of at least 4 members (excludes halogenated alkanes) is 1. The highest BCUT2D eigenvalue weighted by atomic mass is 19.1. The third-order valence-corrected chi connectivity index (χ3v) is 5.55. The molecule has 0 spiro atoms. The van der Waals surface area contributed by atoms with Crippen LogP contribution < -0.4 is 5.69 Å². The molecule has 6 nitrogen and oxygen atoms in total. The van der Waals surface area contributed by atoms with Crippen LogP contribution >= 0.6 is 0 Å². The molecule has 0 radical (unpaired) electrons. The standard InChI is InChI=1S/C25H24FN5O/c1-3-4-14-29-24(18(2)30(25(29)32)22-7-5-6-20(15-22)16-26)23-12-13-28-31(23)21-10-8-19(17-27)9-11-21/h5-13,15H,3-4,14,16H2,1-2H3. The van der Waals surface area contributed by atoms with Crippen molar-refractivity contribution in [2.24, 2.45) is 0 Å². The summed E-state index contributed by atoms with van der Waals surface area (Å²) < 4.78 is 18.5. The van der Waals surface area contributed by atoms with Gasteiger partial charge >= 0.3 is 5.69 Å².